The van der Waals surface area contributed by atoms with Crippen molar-refractivity contribution >= 4 is 17.7 Å². The van der Waals surface area contributed by atoms with E-state index >= 15 is 0 Å². The van der Waals surface area contributed by atoms with Crippen LogP contribution < -0.4 is 0 Å². The zero-order valence-corrected chi connectivity index (χ0v) is 9.67. The highest BCUT2D eigenvalue weighted by Gasteiger charge is 2.17. The Bertz CT molecular complexity index is 298. The van der Waals surface area contributed by atoms with Crippen LogP contribution in [0.3, 0.4) is 0 Å². The van der Waals surface area contributed by atoms with Gasteiger partial charge >= 0.3 is 5.97 Å². The summed E-state index contributed by atoms with van der Waals surface area (Å²) in [6.07, 6.45) is 0.628. The first-order valence-electron chi connectivity index (χ1n) is 5.08. The molecule has 0 heterocycles. The lowest BCUT2D eigenvalue weighted by molar-refractivity contribution is -0.140. The third-order valence-electron chi connectivity index (χ3n) is 2.20. The maximum atomic E-state index is 11.0. The van der Waals surface area contributed by atoms with Gasteiger partial charge in [0.25, 0.3) is 0 Å². The Balaban J connectivity index is 2.55. The number of aliphatic carboxylic acids is 1. The summed E-state index contributed by atoms with van der Waals surface area (Å²) < 4.78 is 0. The molecule has 1 N–H and O–H groups in total. The molecule has 2 nitrogen and oxygen atoms in total. The van der Waals surface area contributed by atoms with Crippen LogP contribution in [0.4, 0.5) is 0 Å². The fourth-order valence-electron chi connectivity index (χ4n) is 1.38. The summed E-state index contributed by atoms with van der Waals surface area (Å²) in [7, 11) is 0. The van der Waals surface area contributed by atoms with E-state index in [9.17, 15) is 4.79 Å². The van der Waals surface area contributed by atoms with Gasteiger partial charge in [0.2, 0.25) is 0 Å². The van der Waals surface area contributed by atoms with Gasteiger partial charge in [0, 0.05) is 5.75 Å². The Hall–Kier alpha value is -0.960. The standard InChI is InChI=1S/C12H16O2S/c1-2-15-9-11(12(13)14)8-10-6-4-3-5-7-10/h3-7,11H,2,8-9H2,1H3,(H,13,14). The van der Waals surface area contributed by atoms with Crippen LogP contribution in [0.25, 0.3) is 0 Å². The van der Waals surface area contributed by atoms with Crippen LogP contribution >= 0.6 is 11.8 Å². The van der Waals surface area contributed by atoms with Gasteiger partial charge in [-0.05, 0) is 17.7 Å². The van der Waals surface area contributed by atoms with Gasteiger partial charge in [-0.3, -0.25) is 4.79 Å². The topological polar surface area (TPSA) is 37.3 Å². The second kappa shape index (κ2) is 6.51. The highest BCUT2D eigenvalue weighted by molar-refractivity contribution is 7.99. The molecule has 0 aliphatic heterocycles. The number of thioether (sulfide) groups is 1. The van der Waals surface area contributed by atoms with E-state index in [2.05, 4.69) is 0 Å². The van der Waals surface area contributed by atoms with Gasteiger partial charge in [-0.15, -0.1) is 0 Å². The van der Waals surface area contributed by atoms with Crippen molar-refractivity contribution in [3.63, 3.8) is 0 Å². The van der Waals surface area contributed by atoms with Crippen molar-refractivity contribution in [2.24, 2.45) is 5.92 Å². The molecule has 1 unspecified atom stereocenters. The number of carbonyl (C=O) groups is 1. The number of carboxylic acids is 1. The molecule has 0 amide bonds. The van der Waals surface area contributed by atoms with Gasteiger partial charge in [0.15, 0.2) is 0 Å². The van der Waals surface area contributed by atoms with Crippen molar-refractivity contribution in [3.8, 4) is 0 Å². The average molecular weight is 224 g/mol. The van der Waals surface area contributed by atoms with Crippen molar-refractivity contribution in [2.75, 3.05) is 11.5 Å². The van der Waals surface area contributed by atoms with E-state index < -0.39 is 5.97 Å². The van der Waals surface area contributed by atoms with Gasteiger partial charge in [0.1, 0.15) is 0 Å². The Morgan fingerprint density at radius 3 is 2.60 bits per heavy atom. The molecule has 0 radical (unpaired) electrons. The first-order chi connectivity index (χ1) is 7.24. The van der Waals surface area contributed by atoms with E-state index in [-0.39, 0.29) is 5.92 Å². The first-order valence-corrected chi connectivity index (χ1v) is 6.24. The van der Waals surface area contributed by atoms with E-state index in [1.54, 1.807) is 11.8 Å². The molecule has 1 atom stereocenters. The van der Waals surface area contributed by atoms with Crippen molar-refractivity contribution in [1.82, 2.24) is 0 Å². The van der Waals surface area contributed by atoms with E-state index in [4.69, 9.17) is 5.11 Å². The Kier molecular flexibility index (Phi) is 5.26. The smallest absolute Gasteiger partial charge is 0.307 e. The molecule has 0 fully saturated rings. The molecule has 0 saturated carbocycles. The minimum Gasteiger partial charge on any atom is -0.481 e. The minimum absolute atomic E-state index is 0.266. The molecule has 1 rings (SSSR count). The summed E-state index contributed by atoms with van der Waals surface area (Å²) in [5.41, 5.74) is 1.10. The molecule has 0 bridgehead atoms. The maximum Gasteiger partial charge on any atom is 0.307 e. The third kappa shape index (κ3) is 4.38. The summed E-state index contributed by atoms with van der Waals surface area (Å²) in [4.78, 5) is 11.0. The molecule has 0 aliphatic rings. The molecule has 1 aromatic rings. The van der Waals surface area contributed by atoms with Crippen LogP contribution in [0.5, 0.6) is 0 Å². The van der Waals surface area contributed by atoms with Gasteiger partial charge in [-0.25, -0.2) is 0 Å². The monoisotopic (exact) mass is 224 g/mol. The number of carboxylic acid groups (broad SMARTS) is 1. The predicted molar refractivity (Wildman–Crippen MR) is 64.3 cm³/mol. The van der Waals surface area contributed by atoms with E-state index in [0.717, 1.165) is 11.3 Å². The molecule has 3 heteroatoms. The number of hydrogen-bond donors (Lipinski definition) is 1. The molecular weight excluding hydrogens is 208 g/mol. The van der Waals surface area contributed by atoms with E-state index in [1.165, 1.54) is 0 Å². The van der Waals surface area contributed by atoms with Crippen LogP contribution in [-0.2, 0) is 11.2 Å². The zero-order chi connectivity index (χ0) is 11.1. The number of rotatable bonds is 6. The van der Waals surface area contributed by atoms with E-state index in [0.29, 0.717) is 12.2 Å². The summed E-state index contributed by atoms with van der Waals surface area (Å²) in [5, 5.41) is 9.05. The van der Waals surface area contributed by atoms with Crippen molar-refractivity contribution < 1.29 is 9.90 Å². The SMILES string of the molecule is CCSCC(Cc1ccccc1)C(=O)O. The Morgan fingerprint density at radius 2 is 2.07 bits per heavy atom. The van der Waals surface area contributed by atoms with E-state index in [1.807, 2.05) is 37.3 Å². The molecule has 1 aromatic carbocycles. The predicted octanol–water partition coefficient (Wildman–Crippen LogP) is 2.68. The largest absolute Gasteiger partial charge is 0.481 e. The van der Waals surface area contributed by atoms with Crippen LogP contribution in [-0.4, -0.2) is 22.6 Å². The van der Waals surface area contributed by atoms with Gasteiger partial charge in [0.05, 0.1) is 5.92 Å². The molecule has 0 spiro atoms. The third-order valence-corrected chi connectivity index (χ3v) is 3.24. The molecule has 0 aromatic heterocycles. The highest BCUT2D eigenvalue weighted by Crippen LogP contribution is 2.14. The van der Waals surface area contributed by atoms with Crippen LogP contribution in [0.1, 0.15) is 12.5 Å². The average Bonchev–Trinajstić information content (AvgIpc) is 2.25. The molecule has 15 heavy (non-hydrogen) atoms. The minimum atomic E-state index is -0.695. The summed E-state index contributed by atoms with van der Waals surface area (Å²) in [5.74, 6) is 0.705. The highest BCUT2D eigenvalue weighted by atomic mass is 32.2. The number of hydrogen-bond acceptors (Lipinski definition) is 2. The van der Waals surface area contributed by atoms with Crippen molar-refractivity contribution in [1.29, 1.82) is 0 Å². The lowest BCUT2D eigenvalue weighted by Crippen LogP contribution is -2.19. The molecule has 82 valence electrons. The quantitative estimate of drug-likeness (QED) is 0.807. The lowest BCUT2D eigenvalue weighted by atomic mass is 10.0. The Morgan fingerprint density at radius 1 is 1.40 bits per heavy atom. The molecule has 0 aliphatic carbocycles. The molecule has 0 saturated heterocycles. The number of benzene rings is 1. The Labute approximate surface area is 94.7 Å². The second-order valence-electron chi connectivity index (χ2n) is 3.38. The second-order valence-corrected chi connectivity index (χ2v) is 4.70. The zero-order valence-electron chi connectivity index (χ0n) is 8.85. The fourth-order valence-corrected chi connectivity index (χ4v) is 2.16. The van der Waals surface area contributed by atoms with Gasteiger partial charge < -0.3 is 5.11 Å². The van der Waals surface area contributed by atoms with Gasteiger partial charge in [-0.1, -0.05) is 37.3 Å². The normalized spacial score (nSPS) is 12.3. The fraction of sp³-hybridized carbons (Fsp3) is 0.417. The first kappa shape index (κ1) is 12.1. The van der Waals surface area contributed by atoms with Crippen LogP contribution in [0.2, 0.25) is 0 Å². The van der Waals surface area contributed by atoms with Crippen molar-refractivity contribution in [2.45, 2.75) is 13.3 Å². The summed E-state index contributed by atoms with van der Waals surface area (Å²) in [6, 6.07) is 9.79. The maximum absolute atomic E-state index is 11.0. The summed E-state index contributed by atoms with van der Waals surface area (Å²) >= 11 is 1.68. The summed E-state index contributed by atoms with van der Waals surface area (Å²) in [6.45, 7) is 2.05. The lowest BCUT2D eigenvalue weighted by Gasteiger charge is -2.11. The van der Waals surface area contributed by atoms with Gasteiger partial charge in [-0.2, -0.15) is 11.8 Å². The van der Waals surface area contributed by atoms with Crippen LogP contribution in [0, 0.1) is 5.92 Å². The van der Waals surface area contributed by atoms with Crippen molar-refractivity contribution in [3.05, 3.63) is 35.9 Å². The molecular formula is C12H16O2S. The van der Waals surface area contributed by atoms with Crippen LogP contribution in [0.15, 0.2) is 30.3 Å².